The molecular weight excluding hydrogens is 312 g/mol. The zero-order chi connectivity index (χ0) is 13.7. The summed E-state index contributed by atoms with van der Waals surface area (Å²) >= 11 is 3.54. The number of halogens is 1. The molecule has 0 saturated carbocycles. The predicted molar refractivity (Wildman–Crippen MR) is 75.5 cm³/mol. The minimum Gasteiger partial charge on any atom is -0.383 e. The Bertz CT molecular complexity index is 393. The smallest absolute Gasteiger partial charge is 0.0901 e. The summed E-state index contributed by atoms with van der Waals surface area (Å²) in [6, 6.07) is -0.0611. The average molecular weight is 333 g/mol. The maximum absolute atomic E-state index is 5.83. The number of nitrogens with two attached hydrogens (primary N) is 1. The van der Waals surface area contributed by atoms with Crippen molar-refractivity contribution in [2.75, 3.05) is 20.3 Å². The molecule has 2 rings (SSSR count). The topological polar surface area (TPSA) is 74.3 Å². The van der Waals surface area contributed by atoms with E-state index in [4.69, 9.17) is 15.3 Å². The summed E-state index contributed by atoms with van der Waals surface area (Å²) in [6.45, 7) is 2.11. The highest BCUT2D eigenvalue weighted by Gasteiger charge is 2.29. The van der Waals surface area contributed by atoms with Crippen LogP contribution in [0.15, 0.2) is 10.7 Å². The molecule has 1 aliphatic heterocycles. The van der Waals surface area contributed by atoms with Gasteiger partial charge in [-0.1, -0.05) is 0 Å². The molecule has 19 heavy (non-hydrogen) atoms. The van der Waals surface area contributed by atoms with Gasteiger partial charge in [-0.05, 0) is 35.2 Å². The van der Waals surface area contributed by atoms with E-state index in [1.165, 1.54) is 6.42 Å². The molecule has 3 N–H and O–H groups in total. The molecule has 1 aliphatic rings. The lowest BCUT2D eigenvalue weighted by molar-refractivity contribution is -0.0104. The van der Waals surface area contributed by atoms with Crippen LogP contribution in [0.1, 0.15) is 31.0 Å². The van der Waals surface area contributed by atoms with E-state index in [1.807, 2.05) is 4.68 Å². The summed E-state index contributed by atoms with van der Waals surface area (Å²) in [4.78, 5) is 0. The lowest BCUT2D eigenvalue weighted by Gasteiger charge is -2.30. The molecule has 2 unspecified atom stereocenters. The van der Waals surface area contributed by atoms with Crippen molar-refractivity contribution in [3.63, 3.8) is 0 Å². The molecule has 6 nitrogen and oxygen atoms in total. The normalized spacial score (nSPS) is 21.5. The van der Waals surface area contributed by atoms with Gasteiger partial charge < -0.3 is 9.47 Å². The van der Waals surface area contributed by atoms with E-state index >= 15 is 0 Å². The highest BCUT2D eigenvalue weighted by molar-refractivity contribution is 9.10. The van der Waals surface area contributed by atoms with Crippen molar-refractivity contribution >= 4 is 15.9 Å². The van der Waals surface area contributed by atoms with Gasteiger partial charge in [-0.3, -0.25) is 10.5 Å². The van der Waals surface area contributed by atoms with Crippen molar-refractivity contribution in [2.24, 2.45) is 5.84 Å². The summed E-state index contributed by atoms with van der Waals surface area (Å²) in [6.07, 6.45) is 5.19. The van der Waals surface area contributed by atoms with Crippen LogP contribution in [0.4, 0.5) is 0 Å². The summed E-state index contributed by atoms with van der Waals surface area (Å²) in [5.41, 5.74) is 3.90. The van der Waals surface area contributed by atoms with Gasteiger partial charge >= 0.3 is 0 Å². The van der Waals surface area contributed by atoms with Crippen LogP contribution >= 0.6 is 15.9 Å². The first-order valence-electron chi connectivity index (χ1n) is 6.55. The number of hydrogen-bond acceptors (Lipinski definition) is 5. The molecule has 0 amide bonds. The van der Waals surface area contributed by atoms with Crippen LogP contribution in [0.3, 0.4) is 0 Å². The van der Waals surface area contributed by atoms with Crippen molar-refractivity contribution in [1.82, 2.24) is 15.2 Å². The Kier molecular flexibility index (Phi) is 5.77. The van der Waals surface area contributed by atoms with Gasteiger partial charge in [0.25, 0.3) is 0 Å². The van der Waals surface area contributed by atoms with Gasteiger partial charge in [0.05, 0.1) is 41.7 Å². The summed E-state index contributed by atoms with van der Waals surface area (Å²) < 4.78 is 13.8. The Morgan fingerprint density at radius 3 is 3.16 bits per heavy atom. The van der Waals surface area contributed by atoms with Gasteiger partial charge in [-0.25, -0.2) is 5.43 Å². The molecule has 0 aliphatic carbocycles. The third-order valence-corrected chi connectivity index (χ3v) is 4.01. The molecule has 108 valence electrons. The number of rotatable bonds is 6. The molecule has 7 heteroatoms. The second-order valence-electron chi connectivity index (χ2n) is 4.64. The van der Waals surface area contributed by atoms with Gasteiger partial charge in [-0.15, -0.1) is 0 Å². The zero-order valence-electron chi connectivity index (χ0n) is 11.1. The number of hydrogen-bond donors (Lipinski definition) is 2. The number of aromatic nitrogens is 2. The van der Waals surface area contributed by atoms with Crippen LogP contribution in [-0.2, 0) is 16.0 Å². The Balaban J connectivity index is 2.18. The monoisotopic (exact) mass is 332 g/mol. The van der Waals surface area contributed by atoms with Crippen LogP contribution in [0.5, 0.6) is 0 Å². The summed E-state index contributed by atoms with van der Waals surface area (Å²) in [5, 5.41) is 4.36. The molecular formula is C12H21BrN4O2. The predicted octanol–water partition coefficient (Wildman–Crippen LogP) is 1.37. The molecule has 0 bridgehead atoms. The number of nitrogens with one attached hydrogen (secondary N) is 1. The molecule has 0 aromatic carbocycles. The molecule has 1 aromatic rings. The van der Waals surface area contributed by atoms with Gasteiger partial charge in [-0.2, -0.15) is 5.10 Å². The maximum atomic E-state index is 5.83. The SMILES string of the molecule is COCCn1ncc(Br)c1C(NN)C1CCCCO1. The third kappa shape index (κ3) is 3.55. The quantitative estimate of drug-likeness (QED) is 0.607. The van der Waals surface area contributed by atoms with Gasteiger partial charge in [0.1, 0.15) is 0 Å². The van der Waals surface area contributed by atoms with Crippen LogP contribution in [0.2, 0.25) is 0 Å². The van der Waals surface area contributed by atoms with Crippen LogP contribution < -0.4 is 11.3 Å². The van der Waals surface area contributed by atoms with Gasteiger partial charge in [0.15, 0.2) is 0 Å². The molecule has 1 saturated heterocycles. The van der Waals surface area contributed by atoms with E-state index in [1.54, 1.807) is 13.3 Å². The fourth-order valence-corrected chi connectivity index (χ4v) is 2.97. The van der Waals surface area contributed by atoms with Crippen LogP contribution in [0.25, 0.3) is 0 Å². The fraction of sp³-hybridized carbons (Fsp3) is 0.750. The lowest BCUT2D eigenvalue weighted by atomic mass is 10.00. The number of methoxy groups -OCH3 is 1. The van der Waals surface area contributed by atoms with E-state index in [2.05, 4.69) is 26.5 Å². The number of nitrogens with zero attached hydrogens (tertiary/aromatic N) is 2. The Morgan fingerprint density at radius 2 is 2.53 bits per heavy atom. The van der Waals surface area contributed by atoms with Gasteiger partial charge in [0.2, 0.25) is 0 Å². The zero-order valence-corrected chi connectivity index (χ0v) is 12.7. The van der Waals surface area contributed by atoms with Crippen molar-refractivity contribution in [2.45, 2.75) is 38.0 Å². The highest BCUT2D eigenvalue weighted by atomic mass is 79.9. The van der Waals surface area contributed by atoms with Crippen molar-refractivity contribution in [1.29, 1.82) is 0 Å². The second kappa shape index (κ2) is 7.35. The Labute approximate surface area is 121 Å². The average Bonchev–Trinajstić information content (AvgIpc) is 2.80. The number of hydrazine groups is 1. The fourth-order valence-electron chi connectivity index (χ4n) is 2.43. The van der Waals surface area contributed by atoms with Crippen molar-refractivity contribution in [3.05, 3.63) is 16.4 Å². The molecule has 1 aromatic heterocycles. The third-order valence-electron chi connectivity index (χ3n) is 3.40. The maximum Gasteiger partial charge on any atom is 0.0901 e. The Morgan fingerprint density at radius 1 is 1.68 bits per heavy atom. The highest BCUT2D eigenvalue weighted by Crippen LogP contribution is 2.30. The van der Waals surface area contributed by atoms with E-state index in [-0.39, 0.29) is 12.1 Å². The Hall–Kier alpha value is -0.470. The first kappa shape index (κ1) is 14.9. The first-order valence-corrected chi connectivity index (χ1v) is 7.35. The molecule has 0 radical (unpaired) electrons. The van der Waals surface area contributed by atoms with E-state index in [0.717, 1.165) is 29.6 Å². The van der Waals surface area contributed by atoms with E-state index in [9.17, 15) is 0 Å². The van der Waals surface area contributed by atoms with Crippen LogP contribution in [0, 0.1) is 0 Å². The number of ether oxygens (including phenoxy) is 2. The van der Waals surface area contributed by atoms with Gasteiger partial charge in [0, 0.05) is 13.7 Å². The summed E-state index contributed by atoms with van der Waals surface area (Å²) in [5.74, 6) is 5.74. The van der Waals surface area contributed by atoms with E-state index in [0.29, 0.717) is 13.2 Å². The molecule has 2 atom stereocenters. The first-order chi connectivity index (χ1) is 9.27. The second-order valence-corrected chi connectivity index (χ2v) is 5.50. The van der Waals surface area contributed by atoms with Crippen molar-refractivity contribution < 1.29 is 9.47 Å². The standard InChI is InChI=1S/C12H21BrN4O2/c1-18-7-5-17-12(9(13)8-15-17)11(16-14)10-4-2-3-6-19-10/h8,10-11,16H,2-7,14H2,1H3. The lowest BCUT2D eigenvalue weighted by Crippen LogP contribution is -2.41. The minimum atomic E-state index is -0.0611. The largest absolute Gasteiger partial charge is 0.383 e. The minimum absolute atomic E-state index is 0.0611. The van der Waals surface area contributed by atoms with Crippen LogP contribution in [-0.4, -0.2) is 36.2 Å². The molecule has 0 spiro atoms. The summed E-state index contributed by atoms with van der Waals surface area (Å²) in [7, 11) is 1.68. The molecule has 1 fully saturated rings. The molecule has 2 heterocycles. The van der Waals surface area contributed by atoms with E-state index < -0.39 is 0 Å². The van der Waals surface area contributed by atoms with Crippen molar-refractivity contribution in [3.8, 4) is 0 Å².